The number of fused-ring (bicyclic) bond motifs is 2. The number of carbonyl (C=O) groups is 2. The Labute approximate surface area is 176 Å². The molecule has 156 valence electrons. The van der Waals surface area contributed by atoms with Gasteiger partial charge in [-0.3, -0.25) is 9.59 Å². The van der Waals surface area contributed by atoms with Gasteiger partial charge in [-0.15, -0.1) is 0 Å². The third-order valence-electron chi connectivity index (χ3n) is 5.93. The molecule has 1 aliphatic heterocycles. The fourth-order valence-corrected chi connectivity index (χ4v) is 4.49. The van der Waals surface area contributed by atoms with E-state index in [0.29, 0.717) is 18.7 Å². The molecule has 6 nitrogen and oxygen atoms in total. The Hall–Kier alpha value is -3.12. The summed E-state index contributed by atoms with van der Waals surface area (Å²) in [6, 6.07) is 15.1. The number of hydrogen-bond acceptors (Lipinski definition) is 3. The average molecular weight is 405 g/mol. The van der Waals surface area contributed by atoms with Crippen LogP contribution in [0.25, 0.3) is 10.9 Å². The lowest BCUT2D eigenvalue weighted by atomic mass is 9.79. The molecule has 2 unspecified atom stereocenters. The summed E-state index contributed by atoms with van der Waals surface area (Å²) in [4.78, 5) is 28.3. The van der Waals surface area contributed by atoms with E-state index in [0.717, 1.165) is 28.5 Å². The number of carbonyl (C=O) groups excluding carboxylic acids is 2. The van der Waals surface area contributed by atoms with Gasteiger partial charge in [0.25, 0.3) is 5.91 Å². The lowest BCUT2D eigenvalue weighted by Gasteiger charge is -2.39. The number of aromatic nitrogens is 1. The molecule has 0 fully saturated rings. The van der Waals surface area contributed by atoms with E-state index in [4.69, 9.17) is 4.74 Å². The average Bonchev–Trinajstić information content (AvgIpc) is 3.10. The third-order valence-corrected chi connectivity index (χ3v) is 5.93. The molecule has 30 heavy (non-hydrogen) atoms. The van der Waals surface area contributed by atoms with Gasteiger partial charge >= 0.3 is 0 Å². The van der Waals surface area contributed by atoms with Crippen LogP contribution >= 0.6 is 0 Å². The minimum absolute atomic E-state index is 0.0630. The van der Waals surface area contributed by atoms with Gasteiger partial charge in [0, 0.05) is 62.6 Å². The Bertz CT molecular complexity index is 1090. The van der Waals surface area contributed by atoms with Gasteiger partial charge in [-0.1, -0.05) is 36.4 Å². The van der Waals surface area contributed by atoms with Crippen LogP contribution in [-0.4, -0.2) is 48.6 Å². The number of ether oxygens (including phenoxy) is 1. The number of methoxy groups -OCH3 is 1. The molecule has 2 aromatic carbocycles. The Morgan fingerprint density at radius 3 is 2.60 bits per heavy atom. The maximum atomic E-state index is 13.4. The van der Waals surface area contributed by atoms with E-state index in [2.05, 4.69) is 22.0 Å². The third kappa shape index (κ3) is 3.37. The molecule has 2 amide bonds. The molecule has 0 radical (unpaired) electrons. The molecular formula is C24H27N3O3. The molecule has 2 atom stereocenters. The first-order valence-electron chi connectivity index (χ1n) is 10.2. The number of nitrogens with one attached hydrogen (secondary N) is 1. The predicted molar refractivity (Wildman–Crippen MR) is 116 cm³/mol. The van der Waals surface area contributed by atoms with Crippen LogP contribution in [0.5, 0.6) is 0 Å². The molecule has 0 saturated heterocycles. The lowest BCUT2D eigenvalue weighted by Crippen LogP contribution is -2.45. The second-order valence-corrected chi connectivity index (χ2v) is 7.78. The largest absolute Gasteiger partial charge is 0.385 e. The number of likely N-dealkylation sites (N-methyl/N-ethyl adjacent to an activating group) is 1. The first-order valence-corrected chi connectivity index (χ1v) is 10.2. The number of rotatable bonds is 6. The summed E-state index contributed by atoms with van der Waals surface area (Å²) in [6.07, 6.45) is 2.78. The maximum Gasteiger partial charge on any atom is 0.254 e. The van der Waals surface area contributed by atoms with E-state index >= 15 is 0 Å². The molecule has 1 N–H and O–H groups in total. The van der Waals surface area contributed by atoms with Crippen molar-refractivity contribution in [3.63, 3.8) is 0 Å². The fraction of sp³-hybridized carbons (Fsp3) is 0.333. The molecular weight excluding hydrogens is 378 g/mol. The summed E-state index contributed by atoms with van der Waals surface area (Å²) in [5.74, 6) is -0.625. The zero-order valence-corrected chi connectivity index (χ0v) is 17.6. The summed E-state index contributed by atoms with van der Waals surface area (Å²) in [5, 5.41) is 4.11. The molecule has 3 aromatic rings. The SMILES string of the molecule is COCCCNC(=O)C1c2ccccc2C(=O)N(C)C1c1cn(C)c2ccccc12. The predicted octanol–water partition coefficient (Wildman–Crippen LogP) is 3.24. The molecule has 1 aromatic heterocycles. The zero-order valence-electron chi connectivity index (χ0n) is 17.6. The van der Waals surface area contributed by atoms with Crippen LogP contribution in [-0.2, 0) is 16.6 Å². The van der Waals surface area contributed by atoms with Crippen LogP contribution in [0.3, 0.4) is 0 Å². The van der Waals surface area contributed by atoms with Crippen molar-refractivity contribution in [1.29, 1.82) is 0 Å². The van der Waals surface area contributed by atoms with Crippen molar-refractivity contribution < 1.29 is 14.3 Å². The lowest BCUT2D eigenvalue weighted by molar-refractivity contribution is -0.124. The second kappa shape index (κ2) is 8.32. The fourth-order valence-electron chi connectivity index (χ4n) is 4.49. The molecule has 6 heteroatoms. The van der Waals surface area contributed by atoms with Gasteiger partial charge in [0.15, 0.2) is 0 Å². The molecule has 1 aliphatic rings. The zero-order chi connectivity index (χ0) is 21.3. The van der Waals surface area contributed by atoms with Gasteiger partial charge in [-0.2, -0.15) is 0 Å². The Morgan fingerprint density at radius 2 is 1.80 bits per heavy atom. The van der Waals surface area contributed by atoms with E-state index in [1.54, 1.807) is 25.1 Å². The van der Waals surface area contributed by atoms with Crippen LogP contribution < -0.4 is 5.32 Å². The maximum absolute atomic E-state index is 13.4. The quantitative estimate of drug-likeness (QED) is 0.641. The molecule has 0 saturated carbocycles. The van der Waals surface area contributed by atoms with E-state index in [9.17, 15) is 9.59 Å². The highest BCUT2D eigenvalue weighted by Gasteiger charge is 2.43. The van der Waals surface area contributed by atoms with Gasteiger partial charge in [0.2, 0.25) is 5.91 Å². The smallest absolute Gasteiger partial charge is 0.254 e. The topological polar surface area (TPSA) is 63.6 Å². The molecule has 2 heterocycles. The van der Waals surface area contributed by atoms with Crippen LogP contribution in [0.1, 0.15) is 39.9 Å². The summed E-state index contributed by atoms with van der Waals surface area (Å²) < 4.78 is 7.14. The summed E-state index contributed by atoms with van der Waals surface area (Å²) in [6.45, 7) is 1.12. The molecule has 0 bridgehead atoms. The van der Waals surface area contributed by atoms with E-state index in [1.807, 2.05) is 43.6 Å². The summed E-state index contributed by atoms with van der Waals surface area (Å²) >= 11 is 0. The van der Waals surface area contributed by atoms with Crippen LogP contribution in [0.2, 0.25) is 0 Å². The monoisotopic (exact) mass is 405 g/mol. The minimum Gasteiger partial charge on any atom is -0.385 e. The van der Waals surface area contributed by atoms with Crippen molar-refractivity contribution in [2.24, 2.45) is 7.05 Å². The number of para-hydroxylation sites is 1. The van der Waals surface area contributed by atoms with E-state index < -0.39 is 5.92 Å². The number of amides is 2. The highest BCUT2D eigenvalue weighted by Crippen LogP contribution is 2.44. The number of hydrogen-bond donors (Lipinski definition) is 1. The highest BCUT2D eigenvalue weighted by molar-refractivity contribution is 6.02. The normalized spacial score (nSPS) is 18.5. The van der Waals surface area contributed by atoms with Crippen molar-refractivity contribution in [1.82, 2.24) is 14.8 Å². The minimum atomic E-state index is -0.489. The van der Waals surface area contributed by atoms with Crippen molar-refractivity contribution >= 4 is 22.7 Å². The Kier molecular flexibility index (Phi) is 5.59. The number of nitrogens with zero attached hydrogens (tertiary/aromatic N) is 2. The highest BCUT2D eigenvalue weighted by atomic mass is 16.5. The van der Waals surface area contributed by atoms with E-state index in [-0.39, 0.29) is 17.9 Å². The van der Waals surface area contributed by atoms with Crippen molar-refractivity contribution in [3.8, 4) is 0 Å². The second-order valence-electron chi connectivity index (χ2n) is 7.78. The Balaban J connectivity index is 1.82. The molecule has 0 aliphatic carbocycles. The van der Waals surface area contributed by atoms with Crippen molar-refractivity contribution in [2.75, 3.05) is 27.3 Å². The van der Waals surface area contributed by atoms with Gasteiger partial charge < -0.3 is 19.5 Å². The van der Waals surface area contributed by atoms with Gasteiger partial charge in [0.1, 0.15) is 0 Å². The molecule has 0 spiro atoms. The summed E-state index contributed by atoms with van der Waals surface area (Å²) in [7, 11) is 5.43. The first-order chi connectivity index (χ1) is 14.5. The standard InChI is InChI=1S/C24H27N3O3/c1-26-15-19(16-9-6-7-12-20(16)26)22-21(23(28)25-13-8-14-30-3)17-10-4-5-11-18(17)24(29)27(22)2/h4-7,9-12,15,21-22H,8,13-14H2,1-3H3,(H,25,28). The number of benzene rings is 2. The summed E-state index contributed by atoms with van der Waals surface area (Å²) in [5.41, 5.74) is 3.43. The number of aryl methyl sites for hydroxylation is 1. The first kappa shape index (κ1) is 20.2. The van der Waals surface area contributed by atoms with Crippen LogP contribution in [0, 0.1) is 0 Å². The van der Waals surface area contributed by atoms with Crippen LogP contribution in [0.4, 0.5) is 0 Å². The van der Waals surface area contributed by atoms with Crippen LogP contribution in [0.15, 0.2) is 54.7 Å². The molecule has 4 rings (SSSR count). The van der Waals surface area contributed by atoms with Gasteiger partial charge in [-0.25, -0.2) is 0 Å². The Morgan fingerprint density at radius 1 is 1.07 bits per heavy atom. The van der Waals surface area contributed by atoms with Crippen molar-refractivity contribution in [3.05, 3.63) is 71.4 Å². The van der Waals surface area contributed by atoms with Crippen molar-refractivity contribution in [2.45, 2.75) is 18.4 Å². The van der Waals surface area contributed by atoms with Gasteiger partial charge in [0.05, 0.1) is 12.0 Å². The van der Waals surface area contributed by atoms with E-state index in [1.165, 1.54) is 0 Å². The van der Waals surface area contributed by atoms with Gasteiger partial charge in [-0.05, 0) is 24.1 Å².